The Hall–Kier alpha value is -2.81. The van der Waals surface area contributed by atoms with Crippen molar-refractivity contribution in [2.24, 2.45) is 0 Å². The zero-order valence-corrected chi connectivity index (χ0v) is 16.3. The molecule has 3 rings (SSSR count). The van der Waals surface area contributed by atoms with Crippen molar-refractivity contribution in [2.75, 3.05) is 40.5 Å². The number of rotatable bonds is 9. The van der Waals surface area contributed by atoms with Gasteiger partial charge in [0.2, 0.25) is 0 Å². The van der Waals surface area contributed by atoms with Crippen molar-refractivity contribution in [3.05, 3.63) is 30.1 Å². The van der Waals surface area contributed by atoms with Crippen LogP contribution < -0.4 is 24.8 Å². The highest BCUT2D eigenvalue weighted by molar-refractivity contribution is 5.91. The number of amides is 1. The number of carbonyl (C=O) groups is 1. The molecule has 152 valence electrons. The van der Waals surface area contributed by atoms with Gasteiger partial charge in [-0.3, -0.25) is 4.79 Å². The lowest BCUT2D eigenvalue weighted by Gasteiger charge is -2.22. The van der Waals surface area contributed by atoms with E-state index in [9.17, 15) is 4.79 Å². The molecule has 1 fully saturated rings. The molecule has 1 amide bonds. The van der Waals surface area contributed by atoms with Crippen LogP contribution in [0.3, 0.4) is 0 Å². The van der Waals surface area contributed by atoms with Crippen LogP contribution in [0.15, 0.2) is 24.4 Å². The lowest BCUT2D eigenvalue weighted by Crippen LogP contribution is -2.29. The van der Waals surface area contributed by atoms with Gasteiger partial charge in [0, 0.05) is 24.7 Å². The number of benzene rings is 1. The fourth-order valence-corrected chi connectivity index (χ4v) is 3.05. The van der Waals surface area contributed by atoms with Crippen molar-refractivity contribution in [3.63, 3.8) is 0 Å². The van der Waals surface area contributed by atoms with Crippen LogP contribution in [-0.4, -0.2) is 61.4 Å². The summed E-state index contributed by atoms with van der Waals surface area (Å²) in [7, 11) is 3.19. The van der Waals surface area contributed by atoms with Gasteiger partial charge in [0.25, 0.3) is 5.91 Å². The fraction of sp³-hybridized carbons (Fsp3) is 0.526. The minimum atomic E-state index is -0.219. The van der Waals surface area contributed by atoms with Crippen LogP contribution in [0.5, 0.6) is 17.2 Å². The van der Waals surface area contributed by atoms with Gasteiger partial charge in [-0.2, -0.15) is 0 Å². The van der Waals surface area contributed by atoms with E-state index in [-0.39, 0.29) is 5.91 Å². The maximum absolute atomic E-state index is 12.2. The van der Waals surface area contributed by atoms with E-state index in [0.29, 0.717) is 48.6 Å². The zero-order chi connectivity index (χ0) is 19.8. The Kier molecular flexibility index (Phi) is 7.07. The molecule has 0 spiro atoms. The van der Waals surface area contributed by atoms with E-state index >= 15 is 0 Å². The monoisotopic (exact) mass is 389 g/mol. The van der Waals surface area contributed by atoms with Gasteiger partial charge >= 0.3 is 0 Å². The zero-order valence-electron chi connectivity index (χ0n) is 16.3. The summed E-state index contributed by atoms with van der Waals surface area (Å²) in [6, 6.07) is 5.67. The second kappa shape index (κ2) is 9.93. The quantitative estimate of drug-likeness (QED) is 0.626. The highest BCUT2D eigenvalue weighted by Crippen LogP contribution is 2.27. The highest BCUT2D eigenvalue weighted by Gasteiger charge is 2.18. The lowest BCUT2D eigenvalue weighted by molar-refractivity contribution is 0.0946. The third-order valence-electron chi connectivity index (χ3n) is 4.63. The first-order valence-electron chi connectivity index (χ1n) is 9.46. The molecule has 9 heteroatoms. The molecule has 28 heavy (non-hydrogen) atoms. The minimum absolute atomic E-state index is 0.219. The summed E-state index contributed by atoms with van der Waals surface area (Å²) in [5.41, 5.74) is 0.344. The normalized spacial score (nSPS) is 14.5. The van der Waals surface area contributed by atoms with E-state index in [0.717, 1.165) is 25.9 Å². The molecule has 0 atom stereocenters. The number of nitrogens with one attached hydrogen (secondary N) is 2. The number of piperidine rings is 1. The maximum Gasteiger partial charge on any atom is 0.273 e. The number of methoxy groups -OCH3 is 2. The molecule has 0 aliphatic carbocycles. The SMILES string of the molecule is COc1cc(OC)cc(OCCCNC(=O)c2cn(C3CCNCC3)nn2)c1. The van der Waals surface area contributed by atoms with Crippen molar-refractivity contribution in [1.82, 2.24) is 25.6 Å². The predicted molar refractivity (Wildman–Crippen MR) is 103 cm³/mol. The highest BCUT2D eigenvalue weighted by atomic mass is 16.5. The van der Waals surface area contributed by atoms with Gasteiger partial charge in [0.05, 0.1) is 33.1 Å². The standard InChI is InChI=1S/C19H27N5O4/c1-26-15-10-16(27-2)12-17(11-15)28-9-3-6-21-19(25)18-13-24(23-22-18)14-4-7-20-8-5-14/h10-14,20H,3-9H2,1-2H3,(H,21,25). The van der Waals surface area contributed by atoms with E-state index in [1.165, 1.54) is 0 Å². The summed E-state index contributed by atoms with van der Waals surface area (Å²) in [6.07, 6.45) is 4.38. The number of nitrogens with zero attached hydrogens (tertiary/aromatic N) is 3. The molecule has 0 saturated carbocycles. The number of hydrogen-bond donors (Lipinski definition) is 2. The Labute approximate surface area is 164 Å². The van der Waals surface area contributed by atoms with Gasteiger partial charge in [-0.15, -0.1) is 5.10 Å². The molecular weight excluding hydrogens is 362 g/mol. The minimum Gasteiger partial charge on any atom is -0.496 e. The molecule has 0 radical (unpaired) electrons. The van der Waals surface area contributed by atoms with Gasteiger partial charge in [-0.25, -0.2) is 4.68 Å². The smallest absolute Gasteiger partial charge is 0.273 e. The van der Waals surface area contributed by atoms with Gasteiger partial charge in [0.15, 0.2) is 5.69 Å². The van der Waals surface area contributed by atoms with E-state index in [1.54, 1.807) is 43.3 Å². The van der Waals surface area contributed by atoms with Crippen molar-refractivity contribution >= 4 is 5.91 Å². The molecule has 1 aromatic heterocycles. The Balaban J connectivity index is 1.40. The van der Waals surface area contributed by atoms with Crippen LogP contribution in [0.25, 0.3) is 0 Å². The number of aromatic nitrogens is 3. The molecule has 2 N–H and O–H groups in total. The average Bonchev–Trinajstić information content (AvgIpc) is 3.24. The average molecular weight is 389 g/mol. The third-order valence-corrected chi connectivity index (χ3v) is 4.63. The van der Waals surface area contributed by atoms with Crippen molar-refractivity contribution in [1.29, 1.82) is 0 Å². The summed E-state index contributed by atoms with van der Waals surface area (Å²) in [5.74, 6) is 1.77. The summed E-state index contributed by atoms with van der Waals surface area (Å²) in [4.78, 5) is 12.2. The van der Waals surface area contributed by atoms with Crippen LogP contribution >= 0.6 is 0 Å². The molecule has 2 heterocycles. The van der Waals surface area contributed by atoms with Crippen molar-refractivity contribution < 1.29 is 19.0 Å². The topological polar surface area (TPSA) is 99.5 Å². The molecule has 0 unspecified atom stereocenters. The summed E-state index contributed by atoms with van der Waals surface area (Å²) in [5, 5.41) is 14.3. The molecule has 1 aliphatic heterocycles. The number of carbonyl (C=O) groups excluding carboxylic acids is 1. The molecule has 2 aromatic rings. The Bertz CT molecular complexity index is 751. The molecule has 1 aromatic carbocycles. The van der Waals surface area contributed by atoms with Crippen molar-refractivity contribution in [3.8, 4) is 17.2 Å². The molecular formula is C19H27N5O4. The molecule has 1 aliphatic rings. The van der Waals surface area contributed by atoms with E-state index < -0.39 is 0 Å². The largest absolute Gasteiger partial charge is 0.496 e. The van der Waals surface area contributed by atoms with Gasteiger partial charge in [-0.05, 0) is 32.4 Å². The van der Waals surface area contributed by atoms with Gasteiger partial charge < -0.3 is 24.8 Å². The van der Waals surface area contributed by atoms with Crippen LogP contribution in [0, 0.1) is 0 Å². The van der Waals surface area contributed by atoms with Crippen LogP contribution in [-0.2, 0) is 0 Å². The van der Waals surface area contributed by atoms with Crippen LogP contribution in [0.1, 0.15) is 35.8 Å². The van der Waals surface area contributed by atoms with E-state index in [1.807, 2.05) is 0 Å². The van der Waals surface area contributed by atoms with Gasteiger partial charge in [0.1, 0.15) is 17.2 Å². The first-order valence-corrected chi connectivity index (χ1v) is 9.46. The van der Waals surface area contributed by atoms with Gasteiger partial charge in [-0.1, -0.05) is 5.21 Å². The summed E-state index contributed by atoms with van der Waals surface area (Å²) >= 11 is 0. The Morgan fingerprint density at radius 1 is 1.18 bits per heavy atom. The first-order chi connectivity index (χ1) is 13.7. The first kappa shape index (κ1) is 19.9. The fourth-order valence-electron chi connectivity index (χ4n) is 3.05. The molecule has 9 nitrogen and oxygen atoms in total. The van der Waals surface area contributed by atoms with Crippen LogP contribution in [0.2, 0.25) is 0 Å². The Morgan fingerprint density at radius 3 is 2.54 bits per heavy atom. The van der Waals surface area contributed by atoms with E-state index in [4.69, 9.17) is 14.2 Å². The second-order valence-corrected chi connectivity index (χ2v) is 6.57. The predicted octanol–water partition coefficient (Wildman–Crippen LogP) is 1.42. The van der Waals surface area contributed by atoms with Crippen molar-refractivity contribution in [2.45, 2.75) is 25.3 Å². The second-order valence-electron chi connectivity index (χ2n) is 6.57. The van der Waals surface area contributed by atoms with Crippen LogP contribution in [0.4, 0.5) is 0 Å². The number of hydrogen-bond acceptors (Lipinski definition) is 7. The summed E-state index contributed by atoms with van der Waals surface area (Å²) in [6.45, 7) is 2.87. The molecule has 1 saturated heterocycles. The number of ether oxygens (including phenoxy) is 3. The Morgan fingerprint density at radius 2 is 1.86 bits per heavy atom. The summed E-state index contributed by atoms with van der Waals surface area (Å²) < 4.78 is 17.9. The third kappa shape index (κ3) is 5.35. The molecule has 0 bridgehead atoms. The van der Waals surface area contributed by atoms with E-state index in [2.05, 4.69) is 20.9 Å². The lowest BCUT2D eigenvalue weighted by atomic mass is 10.1. The maximum atomic E-state index is 12.2.